The lowest BCUT2D eigenvalue weighted by Crippen LogP contribution is -2.34. The van der Waals surface area contributed by atoms with Crippen LogP contribution in [0.15, 0.2) is 17.6 Å². The maximum Gasteiger partial charge on any atom is 0.517 e. The molecule has 1 aromatic rings. The summed E-state index contributed by atoms with van der Waals surface area (Å²) < 4.78 is 115. The molecule has 0 aliphatic carbocycles. The van der Waals surface area contributed by atoms with Crippen LogP contribution in [0, 0.1) is 0 Å². The Balaban J connectivity index is 3.62. The van der Waals surface area contributed by atoms with Crippen LogP contribution >= 0.6 is 0 Å². The molecule has 0 N–H and O–H groups in total. The van der Waals surface area contributed by atoms with Crippen molar-refractivity contribution in [3.05, 3.63) is 12.4 Å². The minimum Gasteiger partial charge on any atom is -0.226 e. The van der Waals surface area contributed by atoms with Gasteiger partial charge in [0.15, 0.2) is 0 Å². The van der Waals surface area contributed by atoms with Crippen molar-refractivity contribution < 1.29 is 43.2 Å². The van der Waals surface area contributed by atoms with Gasteiger partial charge in [0.1, 0.15) is 0 Å². The lowest BCUT2D eigenvalue weighted by atomic mass is 11.0. The van der Waals surface area contributed by atoms with Crippen molar-refractivity contribution in [3.63, 3.8) is 0 Å². The van der Waals surface area contributed by atoms with Crippen LogP contribution in [-0.4, -0.2) is 36.8 Å². The van der Waals surface area contributed by atoms with E-state index in [-0.39, 0.29) is 12.4 Å². The molecule has 14 heteroatoms. The third kappa shape index (κ3) is 2.41. The van der Waals surface area contributed by atoms with Crippen LogP contribution in [0.1, 0.15) is 0 Å². The third-order valence-corrected chi connectivity index (χ3v) is 4.58. The fourth-order valence-corrected chi connectivity index (χ4v) is 2.85. The molecule has 0 aromatic carbocycles. The molecule has 1 aromatic heterocycles. The molecule has 6 nitrogen and oxygen atoms in total. The maximum absolute atomic E-state index is 12.1. The van der Waals surface area contributed by atoms with E-state index in [4.69, 9.17) is 0 Å². The third-order valence-electron chi connectivity index (χ3n) is 1.67. The number of aromatic nitrogens is 2. The standard InChI is InChI=1S/C5H2F6N2O4S2/c6-4(7,8)18(14,15)3-12-1-2-13(3)19(16,17)5(9,10)11/h1-2H. The highest BCUT2D eigenvalue weighted by Crippen LogP contribution is 2.32. The van der Waals surface area contributed by atoms with E-state index in [1.54, 1.807) is 0 Å². The summed E-state index contributed by atoms with van der Waals surface area (Å²) in [7, 11) is -12.7. The molecule has 0 amide bonds. The molecule has 0 aliphatic heterocycles. The second-order valence-corrected chi connectivity index (χ2v) is 6.55. The molecule has 0 radical (unpaired) electrons. The highest BCUT2D eigenvalue weighted by molar-refractivity contribution is 7.94. The summed E-state index contributed by atoms with van der Waals surface area (Å²) in [5.41, 5.74) is -12.0. The average Bonchev–Trinajstić information content (AvgIpc) is 2.62. The first-order valence-corrected chi connectivity index (χ1v) is 6.82. The summed E-state index contributed by atoms with van der Waals surface area (Å²) in [6, 6.07) is 0. The largest absolute Gasteiger partial charge is 0.517 e. The van der Waals surface area contributed by atoms with Crippen LogP contribution in [-0.2, 0) is 19.9 Å². The number of imidazole rings is 1. The summed E-state index contributed by atoms with van der Waals surface area (Å²) in [6.07, 6.45) is 0.128. The smallest absolute Gasteiger partial charge is 0.226 e. The predicted molar refractivity (Wildman–Crippen MR) is 45.8 cm³/mol. The molecule has 0 spiro atoms. The van der Waals surface area contributed by atoms with Crippen LogP contribution in [0.3, 0.4) is 0 Å². The van der Waals surface area contributed by atoms with Crippen LogP contribution in [0.5, 0.6) is 0 Å². The van der Waals surface area contributed by atoms with Gasteiger partial charge < -0.3 is 0 Å². The van der Waals surface area contributed by atoms with E-state index >= 15 is 0 Å². The Labute approximate surface area is 101 Å². The van der Waals surface area contributed by atoms with Gasteiger partial charge in [-0.2, -0.15) is 34.8 Å². The van der Waals surface area contributed by atoms with Gasteiger partial charge in [0.2, 0.25) is 0 Å². The Morgan fingerprint density at radius 1 is 0.947 bits per heavy atom. The van der Waals surface area contributed by atoms with Gasteiger partial charge in [-0.05, 0) is 0 Å². The summed E-state index contributed by atoms with van der Waals surface area (Å²) in [5, 5.41) is -2.28. The van der Waals surface area contributed by atoms with Gasteiger partial charge in [-0.25, -0.2) is 17.4 Å². The SMILES string of the molecule is O=S(=O)(c1nccn1S(=O)(=O)C(F)(F)F)C(F)(F)F. The zero-order valence-corrected chi connectivity index (χ0v) is 9.90. The topological polar surface area (TPSA) is 86.1 Å². The molecular formula is C5H2F6N2O4S2. The van der Waals surface area contributed by atoms with Gasteiger partial charge in [0.05, 0.1) is 0 Å². The van der Waals surface area contributed by atoms with Gasteiger partial charge in [-0.15, -0.1) is 0 Å². The second kappa shape index (κ2) is 4.09. The highest BCUT2D eigenvalue weighted by Gasteiger charge is 2.54. The van der Waals surface area contributed by atoms with Gasteiger partial charge in [-0.1, -0.05) is 0 Å². The zero-order chi connectivity index (χ0) is 15.3. The van der Waals surface area contributed by atoms with Crippen LogP contribution < -0.4 is 0 Å². The quantitative estimate of drug-likeness (QED) is 0.750. The minimum atomic E-state index is -6.33. The van der Waals surface area contributed by atoms with Crippen molar-refractivity contribution in [2.24, 2.45) is 0 Å². The first kappa shape index (κ1) is 15.7. The fourth-order valence-electron chi connectivity index (χ4n) is 0.864. The first-order valence-electron chi connectivity index (χ1n) is 3.89. The Kier molecular flexibility index (Phi) is 3.39. The fraction of sp³-hybridized carbons (Fsp3) is 0.400. The number of hydrogen-bond acceptors (Lipinski definition) is 5. The van der Waals surface area contributed by atoms with E-state index in [2.05, 4.69) is 4.98 Å². The number of hydrogen-bond donors (Lipinski definition) is 0. The lowest BCUT2D eigenvalue weighted by molar-refractivity contribution is -0.0468. The van der Waals surface area contributed by atoms with Crippen molar-refractivity contribution in [1.82, 2.24) is 8.96 Å². The van der Waals surface area contributed by atoms with Crippen molar-refractivity contribution in [2.45, 2.75) is 16.2 Å². The monoisotopic (exact) mass is 332 g/mol. The van der Waals surface area contributed by atoms with E-state index in [9.17, 15) is 43.2 Å². The van der Waals surface area contributed by atoms with E-state index < -0.39 is 40.0 Å². The first-order chi connectivity index (χ1) is 8.23. The van der Waals surface area contributed by atoms with E-state index in [0.29, 0.717) is 0 Å². The minimum absolute atomic E-state index is 0.0541. The Hall–Kier alpha value is -1.31. The number of alkyl halides is 6. The molecule has 1 heterocycles. The molecule has 19 heavy (non-hydrogen) atoms. The van der Waals surface area contributed by atoms with Crippen LogP contribution in [0.2, 0.25) is 0 Å². The molecule has 110 valence electrons. The Bertz CT molecular complexity index is 623. The van der Waals surface area contributed by atoms with Crippen molar-refractivity contribution >= 4 is 19.9 Å². The summed E-state index contributed by atoms with van der Waals surface area (Å²) in [4.78, 5) is 2.51. The maximum atomic E-state index is 12.1. The number of halogens is 6. The lowest BCUT2D eigenvalue weighted by Gasteiger charge is -2.12. The molecule has 0 aliphatic rings. The molecule has 0 unspecified atom stereocenters. The number of rotatable bonds is 2. The van der Waals surface area contributed by atoms with E-state index in [1.165, 1.54) is 0 Å². The van der Waals surface area contributed by atoms with Crippen LogP contribution in [0.4, 0.5) is 26.3 Å². The van der Waals surface area contributed by atoms with Gasteiger partial charge >= 0.3 is 30.9 Å². The normalized spacial score (nSPS) is 14.6. The predicted octanol–water partition coefficient (Wildman–Crippen LogP) is 0.874. The van der Waals surface area contributed by atoms with Gasteiger partial charge in [0.25, 0.3) is 5.16 Å². The molecule has 1 rings (SSSR count). The average molecular weight is 332 g/mol. The summed E-state index contributed by atoms with van der Waals surface area (Å²) in [5.74, 6) is 0. The van der Waals surface area contributed by atoms with Crippen molar-refractivity contribution in [1.29, 1.82) is 0 Å². The number of sulfone groups is 1. The Morgan fingerprint density at radius 2 is 1.42 bits per heavy atom. The molecule has 0 saturated heterocycles. The summed E-state index contributed by atoms with van der Waals surface area (Å²) in [6.45, 7) is 0. The van der Waals surface area contributed by atoms with Gasteiger partial charge in [0, 0.05) is 12.4 Å². The number of nitrogens with zero attached hydrogens (tertiary/aromatic N) is 2. The molecule has 0 bridgehead atoms. The van der Waals surface area contributed by atoms with E-state index in [1.807, 2.05) is 0 Å². The zero-order valence-electron chi connectivity index (χ0n) is 8.27. The van der Waals surface area contributed by atoms with E-state index in [0.717, 1.165) is 0 Å². The molecule has 0 atom stereocenters. The molecule has 0 saturated carbocycles. The second-order valence-electron chi connectivity index (χ2n) is 2.91. The van der Waals surface area contributed by atoms with Crippen molar-refractivity contribution in [3.8, 4) is 0 Å². The molecular weight excluding hydrogens is 330 g/mol. The molecule has 0 fully saturated rings. The van der Waals surface area contributed by atoms with Crippen molar-refractivity contribution in [2.75, 3.05) is 0 Å². The van der Waals surface area contributed by atoms with Crippen LogP contribution in [0.25, 0.3) is 0 Å². The summed E-state index contributed by atoms with van der Waals surface area (Å²) >= 11 is 0. The highest BCUT2D eigenvalue weighted by atomic mass is 32.2. The Morgan fingerprint density at radius 3 is 1.79 bits per heavy atom. The van der Waals surface area contributed by atoms with Gasteiger partial charge in [-0.3, -0.25) is 0 Å².